The van der Waals surface area contributed by atoms with Crippen molar-refractivity contribution in [2.75, 3.05) is 18.1 Å². The molecule has 2 rings (SSSR count). The number of anilines is 1. The predicted octanol–water partition coefficient (Wildman–Crippen LogP) is 3.37. The zero-order valence-electron chi connectivity index (χ0n) is 12.2. The number of rotatable bonds is 6. The van der Waals surface area contributed by atoms with Gasteiger partial charge in [-0.25, -0.2) is 0 Å². The van der Waals surface area contributed by atoms with Crippen LogP contribution in [0.3, 0.4) is 0 Å². The average Bonchev–Trinajstić information content (AvgIpc) is 2.45. The molecule has 20 heavy (non-hydrogen) atoms. The van der Waals surface area contributed by atoms with Crippen molar-refractivity contribution in [3.63, 3.8) is 0 Å². The minimum Gasteiger partial charge on any atom is -0.491 e. The molecule has 0 radical (unpaired) electrons. The van der Waals surface area contributed by atoms with Crippen LogP contribution < -0.4 is 10.5 Å². The third kappa shape index (κ3) is 4.51. The Morgan fingerprint density at radius 1 is 1.35 bits per heavy atom. The van der Waals surface area contributed by atoms with Gasteiger partial charge in [0.05, 0.1) is 12.3 Å². The van der Waals surface area contributed by atoms with Gasteiger partial charge in [0, 0.05) is 21.8 Å². The molecule has 3 nitrogen and oxygen atoms in total. The van der Waals surface area contributed by atoms with E-state index in [2.05, 4.69) is 6.92 Å². The van der Waals surface area contributed by atoms with Gasteiger partial charge < -0.3 is 10.5 Å². The fraction of sp³-hybridized carbons (Fsp3) is 0.625. The molecule has 112 valence electrons. The van der Waals surface area contributed by atoms with Gasteiger partial charge in [-0.15, -0.1) is 0 Å². The highest BCUT2D eigenvalue weighted by Gasteiger charge is 2.23. The van der Waals surface area contributed by atoms with Crippen molar-refractivity contribution in [2.45, 2.75) is 44.3 Å². The van der Waals surface area contributed by atoms with Crippen LogP contribution in [0.25, 0.3) is 0 Å². The minimum absolute atomic E-state index is 0.403. The van der Waals surface area contributed by atoms with Gasteiger partial charge in [-0.2, -0.15) is 0 Å². The van der Waals surface area contributed by atoms with Gasteiger partial charge in [0.15, 0.2) is 0 Å². The molecule has 1 aliphatic rings. The van der Waals surface area contributed by atoms with Crippen molar-refractivity contribution < 1.29 is 8.95 Å². The van der Waals surface area contributed by atoms with Crippen LogP contribution in [0.5, 0.6) is 5.75 Å². The molecule has 0 saturated heterocycles. The molecule has 2 N–H and O–H groups in total. The third-order valence-corrected chi connectivity index (χ3v) is 5.79. The van der Waals surface area contributed by atoms with E-state index in [9.17, 15) is 4.21 Å². The van der Waals surface area contributed by atoms with Crippen LogP contribution in [-0.4, -0.2) is 21.8 Å². The second-order valence-corrected chi connectivity index (χ2v) is 7.55. The predicted molar refractivity (Wildman–Crippen MR) is 85.4 cm³/mol. The second kappa shape index (κ2) is 7.67. The molecule has 1 aromatic carbocycles. The Labute approximate surface area is 124 Å². The Morgan fingerprint density at radius 3 is 2.90 bits per heavy atom. The summed E-state index contributed by atoms with van der Waals surface area (Å²) in [5.74, 6) is 2.20. The van der Waals surface area contributed by atoms with Crippen molar-refractivity contribution in [3.05, 3.63) is 24.3 Å². The molecule has 0 heterocycles. The van der Waals surface area contributed by atoms with Crippen LogP contribution in [0, 0.1) is 5.92 Å². The van der Waals surface area contributed by atoms with E-state index in [0.29, 0.717) is 17.5 Å². The third-order valence-electron chi connectivity index (χ3n) is 3.93. The Balaban J connectivity index is 1.68. The fourth-order valence-electron chi connectivity index (χ4n) is 2.78. The van der Waals surface area contributed by atoms with Gasteiger partial charge in [0.25, 0.3) is 0 Å². The first kappa shape index (κ1) is 15.4. The van der Waals surface area contributed by atoms with Crippen molar-refractivity contribution in [2.24, 2.45) is 5.92 Å². The molecule has 0 aromatic heterocycles. The van der Waals surface area contributed by atoms with Gasteiger partial charge >= 0.3 is 0 Å². The highest BCUT2D eigenvalue weighted by molar-refractivity contribution is 7.85. The first-order chi connectivity index (χ1) is 9.66. The van der Waals surface area contributed by atoms with E-state index in [1.54, 1.807) is 0 Å². The topological polar surface area (TPSA) is 52.3 Å². The molecule has 0 bridgehead atoms. The van der Waals surface area contributed by atoms with E-state index in [4.69, 9.17) is 10.5 Å². The summed E-state index contributed by atoms with van der Waals surface area (Å²) in [4.78, 5) is 0. The van der Waals surface area contributed by atoms with Crippen molar-refractivity contribution in [1.29, 1.82) is 0 Å². The Morgan fingerprint density at radius 2 is 2.15 bits per heavy atom. The molecule has 0 spiro atoms. The van der Waals surface area contributed by atoms with Crippen LogP contribution in [0.1, 0.15) is 39.0 Å². The van der Waals surface area contributed by atoms with Gasteiger partial charge in [0.2, 0.25) is 0 Å². The zero-order valence-corrected chi connectivity index (χ0v) is 13.0. The lowest BCUT2D eigenvalue weighted by atomic mass is 9.91. The monoisotopic (exact) mass is 295 g/mol. The molecule has 1 saturated carbocycles. The van der Waals surface area contributed by atoms with E-state index >= 15 is 0 Å². The standard InChI is InChI=1S/C16H25NO2S/c1-13-6-4-7-14(12-13)20(18)11-5-10-19-16-9-3-2-8-15(16)17/h2-3,8-9,13-14H,4-7,10-12,17H2,1H3. The van der Waals surface area contributed by atoms with Gasteiger partial charge in [0.1, 0.15) is 5.75 Å². The molecule has 1 aromatic rings. The molecule has 3 unspecified atom stereocenters. The SMILES string of the molecule is CC1CCCC(S(=O)CCCOc2ccccc2N)C1. The lowest BCUT2D eigenvalue weighted by Crippen LogP contribution is -2.25. The van der Waals surface area contributed by atoms with Crippen LogP contribution in [0.15, 0.2) is 24.3 Å². The highest BCUT2D eigenvalue weighted by atomic mass is 32.2. The van der Waals surface area contributed by atoms with Crippen LogP contribution in [-0.2, 0) is 10.8 Å². The Hall–Kier alpha value is -1.03. The molecule has 1 fully saturated rings. The number of nitrogens with two attached hydrogens (primary N) is 1. The number of hydrogen-bond acceptors (Lipinski definition) is 3. The molecule has 4 heteroatoms. The first-order valence-corrected chi connectivity index (χ1v) is 8.89. The number of para-hydroxylation sites is 2. The summed E-state index contributed by atoms with van der Waals surface area (Å²) < 4.78 is 17.9. The lowest BCUT2D eigenvalue weighted by Gasteiger charge is -2.26. The van der Waals surface area contributed by atoms with Crippen LogP contribution >= 0.6 is 0 Å². The van der Waals surface area contributed by atoms with E-state index in [-0.39, 0.29) is 0 Å². The van der Waals surface area contributed by atoms with Crippen molar-refractivity contribution in [3.8, 4) is 5.75 Å². The van der Waals surface area contributed by atoms with Crippen LogP contribution in [0.2, 0.25) is 0 Å². The summed E-state index contributed by atoms with van der Waals surface area (Å²) >= 11 is 0. The summed E-state index contributed by atoms with van der Waals surface area (Å²) in [7, 11) is -0.702. The first-order valence-electron chi connectivity index (χ1n) is 7.51. The van der Waals surface area contributed by atoms with E-state index in [1.165, 1.54) is 12.8 Å². The van der Waals surface area contributed by atoms with Crippen LogP contribution in [0.4, 0.5) is 5.69 Å². The van der Waals surface area contributed by atoms with Gasteiger partial charge in [-0.05, 0) is 37.3 Å². The Kier molecular flexibility index (Phi) is 5.89. The summed E-state index contributed by atoms with van der Waals surface area (Å²) in [6.07, 6.45) is 5.60. The molecular weight excluding hydrogens is 270 g/mol. The lowest BCUT2D eigenvalue weighted by molar-refractivity contribution is 0.319. The summed E-state index contributed by atoms with van der Waals surface area (Å²) in [5.41, 5.74) is 6.47. The summed E-state index contributed by atoms with van der Waals surface area (Å²) in [6.45, 7) is 2.85. The molecule has 0 amide bonds. The smallest absolute Gasteiger partial charge is 0.142 e. The normalized spacial score (nSPS) is 24.2. The highest BCUT2D eigenvalue weighted by Crippen LogP contribution is 2.27. The van der Waals surface area contributed by atoms with E-state index in [1.807, 2.05) is 24.3 Å². The quantitative estimate of drug-likeness (QED) is 0.646. The molecule has 1 aliphatic carbocycles. The summed E-state index contributed by atoms with van der Waals surface area (Å²) in [5, 5.41) is 0.403. The molecule has 3 atom stereocenters. The fourth-order valence-corrected chi connectivity index (χ4v) is 4.49. The molecular formula is C16H25NO2S. The van der Waals surface area contributed by atoms with Gasteiger partial charge in [-0.1, -0.05) is 31.9 Å². The average molecular weight is 295 g/mol. The number of nitrogen functional groups attached to an aromatic ring is 1. The molecule has 0 aliphatic heterocycles. The number of ether oxygens (including phenoxy) is 1. The maximum absolute atomic E-state index is 12.3. The summed E-state index contributed by atoms with van der Waals surface area (Å²) in [6, 6.07) is 7.50. The largest absolute Gasteiger partial charge is 0.491 e. The maximum atomic E-state index is 12.3. The maximum Gasteiger partial charge on any atom is 0.142 e. The van der Waals surface area contributed by atoms with Crippen molar-refractivity contribution in [1.82, 2.24) is 0 Å². The van der Waals surface area contributed by atoms with Gasteiger partial charge in [-0.3, -0.25) is 4.21 Å². The number of benzene rings is 1. The second-order valence-electron chi connectivity index (χ2n) is 5.72. The minimum atomic E-state index is -0.702. The van der Waals surface area contributed by atoms with Crippen molar-refractivity contribution >= 4 is 16.5 Å². The van der Waals surface area contributed by atoms with E-state index < -0.39 is 10.8 Å². The number of hydrogen-bond donors (Lipinski definition) is 1. The van der Waals surface area contributed by atoms with E-state index in [0.717, 1.165) is 36.7 Å². The zero-order chi connectivity index (χ0) is 14.4. The Bertz CT molecular complexity index is 450.